The van der Waals surface area contributed by atoms with Crippen LogP contribution in [0, 0.1) is 17.3 Å². The van der Waals surface area contributed by atoms with E-state index in [-0.39, 0.29) is 12.0 Å². The van der Waals surface area contributed by atoms with Crippen molar-refractivity contribution in [2.75, 3.05) is 0 Å². The lowest BCUT2D eigenvalue weighted by atomic mass is 10.2. The Balaban J connectivity index is 3.05. The molecule has 68 valence electrons. The van der Waals surface area contributed by atoms with Gasteiger partial charge in [-0.15, -0.1) is 0 Å². The van der Waals surface area contributed by atoms with Gasteiger partial charge >= 0.3 is 0 Å². The predicted octanol–water partition coefficient (Wildman–Crippen LogP) is 2.22. The molecule has 2 nitrogen and oxygen atoms in total. The first kappa shape index (κ1) is 9.52. The second kappa shape index (κ2) is 3.90. The van der Waals surface area contributed by atoms with Gasteiger partial charge in [0.25, 0.3) is 6.43 Å². The maximum Gasteiger partial charge on any atom is 0.280 e. The van der Waals surface area contributed by atoms with Crippen molar-refractivity contribution in [1.82, 2.24) is 4.98 Å². The lowest BCUT2D eigenvalue weighted by Gasteiger charge is -2.00. The Labute approximate surface area is 72.6 Å². The quantitative estimate of drug-likeness (QED) is 0.664. The minimum Gasteiger partial charge on any atom is -0.219 e. The van der Waals surface area contributed by atoms with Gasteiger partial charge in [-0.25, -0.2) is 13.8 Å². The van der Waals surface area contributed by atoms with Crippen LogP contribution in [0.15, 0.2) is 12.1 Å². The van der Waals surface area contributed by atoms with Crippen molar-refractivity contribution in [3.05, 3.63) is 29.3 Å². The SMILES string of the molecule is N#CCc1cc(F)nc(C(F)F)c1. The zero-order valence-electron chi connectivity index (χ0n) is 6.47. The second-order valence-corrected chi connectivity index (χ2v) is 2.36. The molecule has 1 aromatic rings. The number of nitrogens with zero attached hydrogens (tertiary/aromatic N) is 2. The third kappa shape index (κ3) is 2.44. The van der Waals surface area contributed by atoms with Crippen LogP contribution in [0.25, 0.3) is 0 Å². The van der Waals surface area contributed by atoms with E-state index < -0.39 is 18.1 Å². The van der Waals surface area contributed by atoms with Gasteiger partial charge in [-0.3, -0.25) is 0 Å². The molecule has 0 aromatic carbocycles. The molecule has 0 amide bonds. The third-order valence-corrected chi connectivity index (χ3v) is 1.38. The van der Waals surface area contributed by atoms with Crippen molar-refractivity contribution >= 4 is 0 Å². The molecule has 0 saturated carbocycles. The molecule has 0 fully saturated rings. The van der Waals surface area contributed by atoms with Crippen LogP contribution < -0.4 is 0 Å². The fraction of sp³-hybridized carbons (Fsp3) is 0.250. The van der Waals surface area contributed by atoms with E-state index >= 15 is 0 Å². The van der Waals surface area contributed by atoms with Crippen LogP contribution in [0.4, 0.5) is 13.2 Å². The molecular formula is C8H5F3N2. The minimum absolute atomic E-state index is 0.0981. The van der Waals surface area contributed by atoms with Crippen molar-refractivity contribution < 1.29 is 13.2 Å². The van der Waals surface area contributed by atoms with Crippen LogP contribution in [-0.4, -0.2) is 4.98 Å². The van der Waals surface area contributed by atoms with Gasteiger partial charge in [0.1, 0.15) is 5.69 Å². The average Bonchev–Trinajstić information content (AvgIpc) is 2.03. The standard InChI is InChI=1S/C8H5F3N2/c9-7-4-5(1-2-12)3-6(13-7)8(10)11/h3-4,8H,1H2. The summed E-state index contributed by atoms with van der Waals surface area (Å²) in [6, 6.07) is 3.73. The highest BCUT2D eigenvalue weighted by Gasteiger charge is 2.11. The van der Waals surface area contributed by atoms with Crippen molar-refractivity contribution in [1.29, 1.82) is 5.26 Å². The van der Waals surface area contributed by atoms with E-state index in [0.29, 0.717) is 0 Å². The van der Waals surface area contributed by atoms with Crippen LogP contribution in [0.2, 0.25) is 0 Å². The summed E-state index contributed by atoms with van der Waals surface area (Å²) in [5.41, 5.74) is -0.421. The molecule has 0 atom stereocenters. The maximum atomic E-state index is 12.6. The summed E-state index contributed by atoms with van der Waals surface area (Å²) in [4.78, 5) is 2.99. The molecule has 0 aliphatic rings. The summed E-state index contributed by atoms with van der Waals surface area (Å²) in [6.07, 6.45) is -2.91. The van der Waals surface area contributed by atoms with Gasteiger partial charge in [-0.1, -0.05) is 0 Å². The first-order chi connectivity index (χ1) is 6.13. The van der Waals surface area contributed by atoms with E-state index in [1.807, 2.05) is 0 Å². The highest BCUT2D eigenvalue weighted by atomic mass is 19.3. The summed E-state index contributed by atoms with van der Waals surface area (Å²) in [6.45, 7) is 0. The molecule has 0 saturated heterocycles. The number of alkyl halides is 2. The number of hydrogen-bond donors (Lipinski definition) is 0. The van der Waals surface area contributed by atoms with Crippen LogP contribution in [0.1, 0.15) is 17.7 Å². The van der Waals surface area contributed by atoms with Crippen molar-refractivity contribution in [2.24, 2.45) is 0 Å². The number of rotatable bonds is 2. The summed E-state index contributed by atoms with van der Waals surface area (Å²) in [7, 11) is 0. The van der Waals surface area contributed by atoms with Gasteiger partial charge in [0, 0.05) is 0 Å². The summed E-state index contributed by atoms with van der Waals surface area (Å²) < 4.78 is 36.7. The second-order valence-electron chi connectivity index (χ2n) is 2.36. The highest BCUT2D eigenvalue weighted by molar-refractivity contribution is 5.20. The summed E-state index contributed by atoms with van der Waals surface area (Å²) in [5.74, 6) is -0.983. The number of nitriles is 1. The Morgan fingerprint density at radius 2 is 2.15 bits per heavy atom. The van der Waals surface area contributed by atoms with E-state index in [4.69, 9.17) is 5.26 Å². The molecule has 0 aliphatic carbocycles. The van der Waals surface area contributed by atoms with E-state index in [1.165, 1.54) is 0 Å². The lowest BCUT2D eigenvalue weighted by Crippen LogP contribution is -1.96. The molecule has 1 heterocycles. The normalized spacial score (nSPS) is 10.1. The first-order valence-corrected chi connectivity index (χ1v) is 3.45. The fourth-order valence-corrected chi connectivity index (χ4v) is 0.878. The van der Waals surface area contributed by atoms with E-state index in [2.05, 4.69) is 4.98 Å². The van der Waals surface area contributed by atoms with Crippen molar-refractivity contribution in [3.8, 4) is 6.07 Å². The van der Waals surface area contributed by atoms with Gasteiger partial charge in [-0.05, 0) is 17.7 Å². The Kier molecular flexibility index (Phi) is 2.85. The molecule has 0 N–H and O–H groups in total. The molecule has 1 rings (SSSR count). The average molecular weight is 186 g/mol. The van der Waals surface area contributed by atoms with Crippen molar-refractivity contribution in [3.63, 3.8) is 0 Å². The Morgan fingerprint density at radius 1 is 1.46 bits per heavy atom. The zero-order valence-corrected chi connectivity index (χ0v) is 6.47. The first-order valence-electron chi connectivity index (χ1n) is 3.45. The summed E-state index contributed by atoms with van der Waals surface area (Å²) in [5, 5.41) is 8.26. The smallest absolute Gasteiger partial charge is 0.219 e. The van der Waals surface area contributed by atoms with Gasteiger partial charge in [0.2, 0.25) is 5.95 Å². The molecule has 0 spiro atoms. The Morgan fingerprint density at radius 3 is 2.69 bits per heavy atom. The maximum absolute atomic E-state index is 12.6. The molecule has 0 radical (unpaired) electrons. The molecule has 0 unspecified atom stereocenters. The Hall–Kier alpha value is -1.57. The van der Waals surface area contributed by atoms with Gasteiger partial charge < -0.3 is 0 Å². The number of hydrogen-bond acceptors (Lipinski definition) is 2. The zero-order chi connectivity index (χ0) is 9.84. The number of halogens is 3. The van der Waals surface area contributed by atoms with Gasteiger partial charge in [0.15, 0.2) is 0 Å². The highest BCUT2D eigenvalue weighted by Crippen LogP contribution is 2.18. The van der Waals surface area contributed by atoms with Crippen LogP contribution in [-0.2, 0) is 6.42 Å². The number of aromatic nitrogens is 1. The molecular weight excluding hydrogens is 181 g/mol. The molecule has 5 heteroatoms. The molecule has 1 aromatic heterocycles. The van der Waals surface area contributed by atoms with Gasteiger partial charge in [-0.2, -0.15) is 9.65 Å². The topological polar surface area (TPSA) is 36.7 Å². The fourth-order valence-electron chi connectivity index (χ4n) is 0.878. The minimum atomic E-state index is -2.81. The van der Waals surface area contributed by atoms with E-state index in [1.54, 1.807) is 6.07 Å². The lowest BCUT2D eigenvalue weighted by molar-refractivity contribution is 0.144. The summed E-state index contributed by atoms with van der Waals surface area (Å²) >= 11 is 0. The van der Waals surface area contributed by atoms with Crippen LogP contribution in [0.5, 0.6) is 0 Å². The molecule has 0 aliphatic heterocycles. The van der Waals surface area contributed by atoms with Gasteiger partial charge in [0.05, 0.1) is 12.5 Å². The monoisotopic (exact) mass is 186 g/mol. The van der Waals surface area contributed by atoms with E-state index in [0.717, 1.165) is 12.1 Å². The molecule has 0 bridgehead atoms. The van der Waals surface area contributed by atoms with E-state index in [9.17, 15) is 13.2 Å². The Bertz CT molecular complexity index is 344. The third-order valence-electron chi connectivity index (χ3n) is 1.38. The largest absolute Gasteiger partial charge is 0.280 e. The number of pyridine rings is 1. The van der Waals surface area contributed by atoms with Crippen LogP contribution >= 0.6 is 0 Å². The predicted molar refractivity (Wildman–Crippen MR) is 38.5 cm³/mol. The van der Waals surface area contributed by atoms with Crippen molar-refractivity contribution in [2.45, 2.75) is 12.8 Å². The van der Waals surface area contributed by atoms with Crippen LogP contribution in [0.3, 0.4) is 0 Å². The molecule has 13 heavy (non-hydrogen) atoms.